The maximum absolute atomic E-state index is 13.4. The molecule has 158 valence electrons. The highest BCUT2D eigenvalue weighted by Gasteiger charge is 2.53. The topological polar surface area (TPSA) is 71.5 Å². The van der Waals surface area contributed by atoms with Crippen molar-refractivity contribution in [3.05, 3.63) is 70.7 Å². The fourth-order valence-corrected chi connectivity index (χ4v) is 5.31. The molecule has 3 amide bonds. The number of nitrogens with one attached hydrogen (secondary N) is 1. The molecule has 31 heavy (non-hydrogen) atoms. The van der Waals surface area contributed by atoms with Crippen molar-refractivity contribution in [3.8, 4) is 16.3 Å². The quantitative estimate of drug-likeness (QED) is 0.602. The molecular formula is C24H23N3O3S. The Labute approximate surface area is 184 Å². The zero-order valence-corrected chi connectivity index (χ0v) is 18.1. The van der Waals surface area contributed by atoms with Crippen LogP contribution in [0.3, 0.4) is 0 Å². The van der Waals surface area contributed by atoms with Crippen molar-refractivity contribution in [2.45, 2.75) is 38.3 Å². The number of aromatic nitrogens is 1. The van der Waals surface area contributed by atoms with Gasteiger partial charge in [0.1, 0.15) is 16.3 Å². The fourth-order valence-electron chi connectivity index (χ4n) is 4.49. The summed E-state index contributed by atoms with van der Waals surface area (Å²) in [5.41, 5.74) is 2.80. The van der Waals surface area contributed by atoms with Crippen LogP contribution in [0, 0.1) is 0 Å². The van der Waals surface area contributed by atoms with Crippen LogP contribution in [0.1, 0.15) is 36.6 Å². The molecule has 1 aliphatic carbocycles. The van der Waals surface area contributed by atoms with E-state index in [4.69, 9.17) is 4.74 Å². The number of amides is 3. The summed E-state index contributed by atoms with van der Waals surface area (Å²) in [6, 6.07) is 15.3. The van der Waals surface area contributed by atoms with Gasteiger partial charge in [-0.15, -0.1) is 11.3 Å². The summed E-state index contributed by atoms with van der Waals surface area (Å²) >= 11 is 1.50. The third-order valence-corrected chi connectivity index (χ3v) is 6.88. The molecule has 5 rings (SSSR count). The van der Waals surface area contributed by atoms with E-state index in [9.17, 15) is 9.59 Å². The molecule has 2 heterocycles. The van der Waals surface area contributed by atoms with E-state index >= 15 is 0 Å². The summed E-state index contributed by atoms with van der Waals surface area (Å²) in [5.74, 6) is 0.640. The van der Waals surface area contributed by atoms with Gasteiger partial charge in [0, 0.05) is 10.9 Å². The van der Waals surface area contributed by atoms with E-state index in [-0.39, 0.29) is 18.5 Å². The number of thiazole rings is 1. The van der Waals surface area contributed by atoms with E-state index in [1.165, 1.54) is 16.2 Å². The number of ether oxygens (including phenoxy) is 1. The van der Waals surface area contributed by atoms with Crippen LogP contribution in [0.15, 0.2) is 53.9 Å². The highest BCUT2D eigenvalue weighted by Crippen LogP contribution is 2.40. The van der Waals surface area contributed by atoms with Gasteiger partial charge in [-0.05, 0) is 61.6 Å². The van der Waals surface area contributed by atoms with Gasteiger partial charge in [-0.2, -0.15) is 0 Å². The number of carbonyl (C=O) groups excluding carboxylic acids is 2. The number of imide groups is 1. The molecule has 3 aromatic rings. The Morgan fingerprint density at radius 2 is 1.97 bits per heavy atom. The molecule has 2 aliphatic rings. The fraction of sp³-hybridized carbons (Fsp3) is 0.292. The molecule has 1 aliphatic heterocycles. The number of hydrogen-bond acceptors (Lipinski definition) is 5. The molecule has 1 spiro atoms. The lowest BCUT2D eigenvalue weighted by atomic mass is 9.76. The van der Waals surface area contributed by atoms with E-state index in [2.05, 4.69) is 10.3 Å². The summed E-state index contributed by atoms with van der Waals surface area (Å²) in [4.78, 5) is 32.2. The number of benzene rings is 2. The zero-order valence-electron chi connectivity index (χ0n) is 17.3. The van der Waals surface area contributed by atoms with Crippen LogP contribution in [0.5, 0.6) is 5.75 Å². The third-order valence-electron chi connectivity index (χ3n) is 5.93. The van der Waals surface area contributed by atoms with Gasteiger partial charge in [-0.25, -0.2) is 9.78 Å². The van der Waals surface area contributed by atoms with Crippen molar-refractivity contribution < 1.29 is 14.3 Å². The average molecular weight is 434 g/mol. The Morgan fingerprint density at radius 3 is 2.77 bits per heavy atom. The first-order valence-electron chi connectivity index (χ1n) is 10.5. The monoisotopic (exact) mass is 433 g/mol. The van der Waals surface area contributed by atoms with E-state index in [1.54, 1.807) is 0 Å². The Balaban J connectivity index is 1.37. The Bertz CT molecular complexity index is 1140. The number of aryl methyl sites for hydroxylation is 1. The molecule has 1 fully saturated rings. The second kappa shape index (κ2) is 7.81. The highest BCUT2D eigenvalue weighted by molar-refractivity contribution is 7.13. The van der Waals surface area contributed by atoms with Crippen molar-refractivity contribution in [3.63, 3.8) is 0 Å². The number of rotatable bonds is 5. The van der Waals surface area contributed by atoms with E-state index in [0.717, 1.165) is 40.3 Å². The molecule has 0 radical (unpaired) electrons. The maximum Gasteiger partial charge on any atom is 0.325 e. The molecule has 0 bridgehead atoms. The first kappa shape index (κ1) is 19.8. The van der Waals surface area contributed by atoms with Gasteiger partial charge in [0.25, 0.3) is 5.91 Å². The smallest absolute Gasteiger partial charge is 0.325 e. The standard InChI is InChI=1S/C24H23N3O3S/c1-2-30-19-11-9-17(10-12-19)21-25-18(15-31-21)14-27-22(28)24(26-23(27)29)13-5-7-16-6-3-4-8-20(16)24/h3-4,6,8-12,15H,2,5,7,13-14H2,1H3,(H,26,29)/t24-/m1/s1. The number of urea groups is 1. The first-order valence-corrected chi connectivity index (χ1v) is 11.4. The normalized spacial score (nSPS) is 20.1. The number of fused-ring (bicyclic) bond motifs is 2. The van der Waals surface area contributed by atoms with Gasteiger partial charge in [-0.1, -0.05) is 24.3 Å². The predicted octanol–water partition coefficient (Wildman–Crippen LogP) is 4.49. The van der Waals surface area contributed by atoms with Crippen LogP contribution in [0.4, 0.5) is 4.79 Å². The van der Waals surface area contributed by atoms with Crippen LogP contribution < -0.4 is 10.1 Å². The van der Waals surface area contributed by atoms with Gasteiger partial charge in [0.05, 0.1) is 18.8 Å². The van der Waals surface area contributed by atoms with Gasteiger partial charge < -0.3 is 10.1 Å². The maximum atomic E-state index is 13.4. The summed E-state index contributed by atoms with van der Waals surface area (Å²) in [6.07, 6.45) is 2.42. The summed E-state index contributed by atoms with van der Waals surface area (Å²) in [6.45, 7) is 2.74. The molecule has 6 nitrogen and oxygen atoms in total. The van der Waals surface area contributed by atoms with Crippen LogP contribution in [-0.2, 0) is 23.3 Å². The summed E-state index contributed by atoms with van der Waals surface area (Å²) < 4.78 is 5.49. The number of hydrogen-bond donors (Lipinski definition) is 1. The van der Waals surface area contributed by atoms with Crippen molar-refractivity contribution in [2.24, 2.45) is 0 Å². The Morgan fingerprint density at radius 1 is 1.16 bits per heavy atom. The molecule has 1 atom stereocenters. The highest BCUT2D eigenvalue weighted by atomic mass is 32.1. The van der Waals surface area contributed by atoms with E-state index in [0.29, 0.717) is 18.7 Å². The minimum Gasteiger partial charge on any atom is -0.494 e. The molecule has 2 aromatic carbocycles. The van der Waals surface area contributed by atoms with Crippen molar-refractivity contribution >= 4 is 23.3 Å². The lowest BCUT2D eigenvalue weighted by Gasteiger charge is -2.33. The minimum absolute atomic E-state index is 0.169. The van der Waals surface area contributed by atoms with Crippen LogP contribution >= 0.6 is 11.3 Å². The largest absolute Gasteiger partial charge is 0.494 e. The SMILES string of the molecule is CCOc1ccc(-c2nc(CN3C(=O)N[C@@]4(CCCc5ccccc54)C3=O)cs2)cc1. The third kappa shape index (κ3) is 3.39. The van der Waals surface area contributed by atoms with Crippen molar-refractivity contribution in [1.82, 2.24) is 15.2 Å². The average Bonchev–Trinajstić information content (AvgIpc) is 3.34. The van der Waals surface area contributed by atoms with Crippen LogP contribution in [0.25, 0.3) is 10.6 Å². The zero-order chi connectivity index (χ0) is 21.4. The van der Waals surface area contributed by atoms with Gasteiger partial charge in [0.15, 0.2) is 0 Å². The van der Waals surface area contributed by atoms with Crippen LogP contribution in [0.2, 0.25) is 0 Å². The lowest BCUT2D eigenvalue weighted by molar-refractivity contribution is -0.132. The van der Waals surface area contributed by atoms with E-state index in [1.807, 2.05) is 60.8 Å². The molecule has 0 unspecified atom stereocenters. The molecular weight excluding hydrogens is 410 g/mol. The lowest BCUT2D eigenvalue weighted by Crippen LogP contribution is -2.46. The van der Waals surface area contributed by atoms with Crippen LogP contribution in [-0.4, -0.2) is 28.4 Å². The molecule has 7 heteroatoms. The second-order valence-corrected chi connectivity index (χ2v) is 8.70. The molecule has 0 saturated carbocycles. The molecule has 1 saturated heterocycles. The van der Waals surface area contributed by atoms with Crippen molar-refractivity contribution in [2.75, 3.05) is 6.61 Å². The van der Waals surface area contributed by atoms with Gasteiger partial charge in [-0.3, -0.25) is 9.69 Å². The van der Waals surface area contributed by atoms with E-state index < -0.39 is 5.54 Å². The Hall–Kier alpha value is -3.19. The van der Waals surface area contributed by atoms with Crippen molar-refractivity contribution in [1.29, 1.82) is 0 Å². The van der Waals surface area contributed by atoms with Gasteiger partial charge in [0.2, 0.25) is 0 Å². The summed E-state index contributed by atoms with van der Waals surface area (Å²) in [7, 11) is 0. The molecule has 1 aromatic heterocycles. The Kier molecular flexibility index (Phi) is 4.98. The van der Waals surface area contributed by atoms with Gasteiger partial charge >= 0.3 is 6.03 Å². The first-order chi connectivity index (χ1) is 15.1. The number of carbonyl (C=O) groups is 2. The second-order valence-electron chi connectivity index (χ2n) is 7.84. The predicted molar refractivity (Wildman–Crippen MR) is 119 cm³/mol. The summed E-state index contributed by atoms with van der Waals surface area (Å²) in [5, 5.41) is 5.76. The minimum atomic E-state index is -0.945. The molecule has 1 N–H and O–H groups in total. The number of nitrogens with zero attached hydrogens (tertiary/aromatic N) is 2.